The number of likely N-dealkylation sites (N-methyl/N-ethyl adjacent to an activating group) is 1. The number of rotatable bonds is 4. The van der Waals surface area contributed by atoms with Crippen LogP contribution in [-0.2, 0) is 16.1 Å². The van der Waals surface area contributed by atoms with Gasteiger partial charge in [-0.05, 0) is 24.1 Å². The van der Waals surface area contributed by atoms with Gasteiger partial charge in [0, 0.05) is 26.7 Å². The number of imide groups is 1. The third kappa shape index (κ3) is 3.81. The molecule has 0 atom stereocenters. The van der Waals surface area contributed by atoms with Gasteiger partial charge >= 0.3 is 6.03 Å². The molecule has 0 radical (unpaired) electrons. The molecule has 0 aliphatic carbocycles. The number of hydrogen-bond acceptors (Lipinski definition) is 4. The molecule has 4 rings (SSSR count). The Kier molecular flexibility index (Phi) is 5.20. The zero-order valence-electron chi connectivity index (χ0n) is 16.5. The molecule has 150 valence electrons. The second kappa shape index (κ2) is 7.95. The van der Waals surface area contributed by atoms with Gasteiger partial charge < -0.3 is 14.7 Å². The van der Waals surface area contributed by atoms with E-state index in [0.717, 1.165) is 35.8 Å². The van der Waals surface area contributed by atoms with Gasteiger partial charge in [0.25, 0.3) is 0 Å². The van der Waals surface area contributed by atoms with Crippen molar-refractivity contribution in [2.45, 2.75) is 13.0 Å². The zero-order chi connectivity index (χ0) is 20.4. The minimum absolute atomic E-state index is 0.0449. The van der Waals surface area contributed by atoms with E-state index in [9.17, 15) is 14.4 Å². The molecule has 29 heavy (non-hydrogen) atoms. The first kappa shape index (κ1) is 19.0. The summed E-state index contributed by atoms with van der Waals surface area (Å²) in [5, 5.41) is 0. The van der Waals surface area contributed by atoms with Crippen LogP contribution in [0.3, 0.4) is 0 Å². The van der Waals surface area contributed by atoms with Crippen molar-refractivity contribution >= 4 is 29.2 Å². The van der Waals surface area contributed by atoms with E-state index in [4.69, 9.17) is 0 Å². The Labute approximate surface area is 170 Å². The Balaban J connectivity index is 1.56. The van der Waals surface area contributed by atoms with Crippen molar-refractivity contribution in [1.29, 1.82) is 0 Å². The fourth-order valence-electron chi connectivity index (χ4n) is 3.88. The molecular weight excluding hydrogens is 368 g/mol. The quantitative estimate of drug-likeness (QED) is 0.749. The molecule has 7 heteroatoms. The first-order chi connectivity index (χ1) is 14.0. The first-order valence-electron chi connectivity index (χ1n) is 9.78. The fraction of sp³-hybridized carbons (Fsp3) is 0.318. The van der Waals surface area contributed by atoms with Crippen LogP contribution in [0.25, 0.3) is 0 Å². The van der Waals surface area contributed by atoms with E-state index in [1.54, 1.807) is 4.90 Å². The monoisotopic (exact) mass is 392 g/mol. The van der Waals surface area contributed by atoms with E-state index in [-0.39, 0.29) is 24.9 Å². The van der Waals surface area contributed by atoms with Crippen molar-refractivity contribution in [1.82, 2.24) is 9.80 Å². The largest absolute Gasteiger partial charge is 0.365 e. The number of hydrogen-bond donors (Lipinski definition) is 0. The number of urea groups is 1. The van der Waals surface area contributed by atoms with Crippen molar-refractivity contribution in [2.75, 3.05) is 43.0 Å². The highest BCUT2D eigenvalue weighted by atomic mass is 16.2. The molecular formula is C22H24N4O3. The van der Waals surface area contributed by atoms with E-state index in [0.29, 0.717) is 6.54 Å². The molecule has 0 bridgehead atoms. The van der Waals surface area contributed by atoms with E-state index in [1.807, 2.05) is 42.5 Å². The highest BCUT2D eigenvalue weighted by Crippen LogP contribution is 2.33. The number of anilines is 2. The maximum atomic E-state index is 13.1. The maximum absolute atomic E-state index is 13.1. The number of nitrogens with zero attached hydrogens (tertiary/aromatic N) is 4. The van der Waals surface area contributed by atoms with Gasteiger partial charge in [-0.1, -0.05) is 42.5 Å². The molecule has 2 heterocycles. The van der Waals surface area contributed by atoms with Crippen LogP contribution in [-0.4, -0.2) is 60.9 Å². The molecule has 7 nitrogen and oxygen atoms in total. The van der Waals surface area contributed by atoms with Crippen molar-refractivity contribution in [3.63, 3.8) is 0 Å². The van der Waals surface area contributed by atoms with Gasteiger partial charge in [-0.25, -0.2) is 4.79 Å². The summed E-state index contributed by atoms with van der Waals surface area (Å²) in [6, 6.07) is 17.7. The number of fused-ring (bicyclic) bond motifs is 1. The molecule has 2 aliphatic rings. The Morgan fingerprint density at radius 1 is 0.897 bits per heavy atom. The summed E-state index contributed by atoms with van der Waals surface area (Å²) >= 11 is 0. The SMILES string of the molecule is CN1C(=O)CN(CC(=O)N2CCCN(Cc3ccccc3)c3ccccc32)C1=O. The van der Waals surface area contributed by atoms with Gasteiger partial charge in [0.1, 0.15) is 13.1 Å². The Hall–Kier alpha value is -3.35. The van der Waals surface area contributed by atoms with Crippen LogP contribution in [0.1, 0.15) is 12.0 Å². The molecule has 0 unspecified atom stereocenters. The lowest BCUT2D eigenvalue weighted by atomic mass is 10.1. The van der Waals surface area contributed by atoms with Gasteiger partial charge in [0.05, 0.1) is 11.4 Å². The minimum Gasteiger partial charge on any atom is -0.365 e. The lowest BCUT2D eigenvalue weighted by molar-refractivity contribution is -0.124. The average molecular weight is 392 g/mol. The summed E-state index contributed by atoms with van der Waals surface area (Å²) in [7, 11) is 1.44. The Morgan fingerprint density at radius 3 is 2.28 bits per heavy atom. The third-order valence-electron chi connectivity index (χ3n) is 5.42. The number of carbonyl (C=O) groups excluding carboxylic acids is 3. The molecule has 2 aromatic carbocycles. The maximum Gasteiger partial charge on any atom is 0.327 e. The summed E-state index contributed by atoms with van der Waals surface area (Å²) in [6.45, 7) is 2.04. The van der Waals surface area contributed by atoms with Crippen LogP contribution in [0.4, 0.5) is 16.2 Å². The molecule has 0 N–H and O–H groups in total. The fourth-order valence-corrected chi connectivity index (χ4v) is 3.88. The first-order valence-corrected chi connectivity index (χ1v) is 9.78. The number of carbonyl (C=O) groups is 3. The lowest BCUT2D eigenvalue weighted by Crippen LogP contribution is -2.42. The predicted octanol–water partition coefficient (Wildman–Crippen LogP) is 2.32. The van der Waals surface area contributed by atoms with Gasteiger partial charge in [0.2, 0.25) is 11.8 Å². The smallest absolute Gasteiger partial charge is 0.327 e. The highest BCUT2D eigenvalue weighted by molar-refractivity contribution is 6.05. The molecule has 1 fully saturated rings. The van der Waals surface area contributed by atoms with Crippen LogP contribution >= 0.6 is 0 Å². The van der Waals surface area contributed by atoms with Gasteiger partial charge in [-0.15, -0.1) is 0 Å². The van der Waals surface area contributed by atoms with Crippen molar-refractivity contribution in [2.24, 2.45) is 0 Å². The number of benzene rings is 2. The Bertz CT molecular complexity index is 931. The number of para-hydroxylation sites is 2. The molecule has 4 amide bonds. The predicted molar refractivity (Wildman–Crippen MR) is 111 cm³/mol. The molecule has 2 aliphatic heterocycles. The van der Waals surface area contributed by atoms with E-state index >= 15 is 0 Å². The summed E-state index contributed by atoms with van der Waals surface area (Å²) in [6.07, 6.45) is 0.819. The average Bonchev–Trinajstić information content (AvgIpc) is 2.89. The summed E-state index contributed by atoms with van der Waals surface area (Å²) in [5.41, 5.74) is 3.06. The van der Waals surface area contributed by atoms with Crippen LogP contribution in [0, 0.1) is 0 Å². The van der Waals surface area contributed by atoms with Crippen LogP contribution < -0.4 is 9.80 Å². The summed E-state index contributed by atoms with van der Waals surface area (Å²) < 4.78 is 0. The van der Waals surface area contributed by atoms with Crippen molar-refractivity contribution in [3.05, 3.63) is 60.2 Å². The van der Waals surface area contributed by atoms with Crippen LogP contribution in [0.5, 0.6) is 0 Å². The van der Waals surface area contributed by atoms with E-state index in [1.165, 1.54) is 17.5 Å². The summed E-state index contributed by atoms with van der Waals surface area (Å²) in [5.74, 6) is -0.455. The molecule has 1 saturated heterocycles. The molecule has 0 saturated carbocycles. The van der Waals surface area contributed by atoms with Crippen molar-refractivity contribution < 1.29 is 14.4 Å². The van der Waals surface area contributed by atoms with Gasteiger partial charge in [-0.2, -0.15) is 0 Å². The minimum atomic E-state index is -0.419. The molecule has 0 spiro atoms. The molecule has 2 aromatic rings. The highest BCUT2D eigenvalue weighted by Gasteiger charge is 2.35. The number of amides is 4. The van der Waals surface area contributed by atoms with Gasteiger partial charge in [-0.3, -0.25) is 14.5 Å². The lowest BCUT2D eigenvalue weighted by Gasteiger charge is -2.27. The normalized spacial score (nSPS) is 16.9. The second-order valence-electron chi connectivity index (χ2n) is 7.39. The van der Waals surface area contributed by atoms with Crippen LogP contribution in [0.15, 0.2) is 54.6 Å². The van der Waals surface area contributed by atoms with E-state index in [2.05, 4.69) is 17.0 Å². The second-order valence-corrected chi connectivity index (χ2v) is 7.39. The molecule has 0 aromatic heterocycles. The van der Waals surface area contributed by atoms with Crippen molar-refractivity contribution in [3.8, 4) is 0 Å². The Morgan fingerprint density at radius 2 is 1.59 bits per heavy atom. The van der Waals surface area contributed by atoms with E-state index < -0.39 is 6.03 Å². The van der Waals surface area contributed by atoms with Gasteiger partial charge in [0.15, 0.2) is 0 Å². The third-order valence-corrected chi connectivity index (χ3v) is 5.42. The van der Waals surface area contributed by atoms with Crippen LogP contribution in [0.2, 0.25) is 0 Å². The zero-order valence-corrected chi connectivity index (χ0v) is 16.5. The summed E-state index contributed by atoms with van der Waals surface area (Å²) in [4.78, 5) is 43.4. The topological polar surface area (TPSA) is 64.2 Å². The standard InChI is InChI=1S/C22H24N4O3/c1-23-20(27)15-25(22(23)29)16-21(28)26-13-7-12-24(14-17-8-3-2-4-9-17)18-10-5-6-11-19(18)26/h2-6,8-11H,7,12-16H2,1H3.